The van der Waals surface area contributed by atoms with E-state index >= 15 is 0 Å². The first-order chi connectivity index (χ1) is 7.22. The van der Waals surface area contributed by atoms with Crippen molar-refractivity contribution in [1.29, 1.82) is 0 Å². The van der Waals surface area contributed by atoms with Crippen LogP contribution >= 0.6 is 0 Å². The van der Waals surface area contributed by atoms with Crippen molar-refractivity contribution in [1.82, 2.24) is 9.97 Å². The Morgan fingerprint density at radius 2 is 2.33 bits per heavy atom. The van der Waals surface area contributed by atoms with Crippen LogP contribution < -0.4 is 10.3 Å². The van der Waals surface area contributed by atoms with Gasteiger partial charge in [-0.1, -0.05) is 0 Å². The summed E-state index contributed by atoms with van der Waals surface area (Å²) < 4.78 is 18.4. The number of ether oxygens (including phenoxy) is 1. The van der Waals surface area contributed by atoms with Crippen molar-refractivity contribution in [3.63, 3.8) is 0 Å². The molecule has 0 unspecified atom stereocenters. The topological polar surface area (TPSA) is 55.0 Å². The molecule has 0 radical (unpaired) electrons. The molecule has 1 N–H and O–H groups in total. The minimum absolute atomic E-state index is 0.0727. The van der Waals surface area contributed by atoms with Crippen molar-refractivity contribution in [3.05, 3.63) is 34.6 Å². The summed E-state index contributed by atoms with van der Waals surface area (Å²) >= 11 is 0. The van der Waals surface area contributed by atoms with Gasteiger partial charge in [-0.15, -0.1) is 0 Å². The molecule has 1 heterocycles. The summed E-state index contributed by atoms with van der Waals surface area (Å²) in [5.41, 5.74) is 0.0145. The summed E-state index contributed by atoms with van der Waals surface area (Å²) in [4.78, 5) is 17.6. The number of fused-ring (bicyclic) bond motifs is 1. The first kappa shape index (κ1) is 9.64. The summed E-state index contributed by atoms with van der Waals surface area (Å²) in [5, 5.41) is 0.322. The molecule has 0 fully saturated rings. The Morgan fingerprint density at radius 1 is 1.53 bits per heavy atom. The highest BCUT2D eigenvalue weighted by molar-refractivity contribution is 5.79. The summed E-state index contributed by atoms with van der Waals surface area (Å²) in [6.07, 6.45) is 1.24. The van der Waals surface area contributed by atoms with Crippen LogP contribution in [0.15, 0.2) is 23.3 Å². The lowest BCUT2D eigenvalue weighted by Crippen LogP contribution is -2.07. The number of rotatable bonds is 2. The largest absolute Gasteiger partial charge is 0.491 e. The molecule has 78 valence electrons. The molecule has 0 bridgehead atoms. The normalized spacial score (nSPS) is 10.5. The highest BCUT2D eigenvalue weighted by Gasteiger charge is 2.08. The monoisotopic (exact) mass is 208 g/mol. The van der Waals surface area contributed by atoms with E-state index in [0.717, 1.165) is 0 Å². The third-order valence-electron chi connectivity index (χ3n) is 1.99. The molecular weight excluding hydrogens is 199 g/mol. The predicted molar refractivity (Wildman–Crippen MR) is 53.5 cm³/mol. The molecule has 0 amide bonds. The third-order valence-corrected chi connectivity index (χ3v) is 1.99. The van der Waals surface area contributed by atoms with E-state index in [1.54, 1.807) is 6.92 Å². The van der Waals surface area contributed by atoms with E-state index in [-0.39, 0.29) is 11.3 Å². The molecule has 0 aliphatic heterocycles. The fraction of sp³-hybridized carbons (Fsp3) is 0.200. The second kappa shape index (κ2) is 3.68. The number of H-pyrrole nitrogens is 1. The van der Waals surface area contributed by atoms with Crippen molar-refractivity contribution >= 4 is 10.9 Å². The maximum Gasteiger partial charge on any atom is 0.258 e. The predicted octanol–water partition coefficient (Wildman–Crippen LogP) is 1.46. The fourth-order valence-corrected chi connectivity index (χ4v) is 1.34. The van der Waals surface area contributed by atoms with Gasteiger partial charge in [0.1, 0.15) is 0 Å². The minimum Gasteiger partial charge on any atom is -0.491 e. The van der Waals surface area contributed by atoms with Crippen molar-refractivity contribution in [3.8, 4) is 5.75 Å². The SMILES string of the molecule is CCOc1cc2c(=O)[nH]cnc2cc1F. The quantitative estimate of drug-likeness (QED) is 0.812. The second-order valence-corrected chi connectivity index (χ2v) is 2.96. The second-order valence-electron chi connectivity index (χ2n) is 2.96. The smallest absolute Gasteiger partial charge is 0.258 e. The molecule has 2 rings (SSSR count). The Kier molecular flexibility index (Phi) is 2.37. The lowest BCUT2D eigenvalue weighted by molar-refractivity contribution is 0.322. The third kappa shape index (κ3) is 1.68. The van der Waals surface area contributed by atoms with Gasteiger partial charge in [0.25, 0.3) is 5.56 Å². The molecule has 0 saturated carbocycles. The van der Waals surface area contributed by atoms with Gasteiger partial charge < -0.3 is 9.72 Å². The molecule has 5 heteroatoms. The lowest BCUT2D eigenvalue weighted by atomic mass is 10.2. The van der Waals surface area contributed by atoms with Crippen molar-refractivity contribution in [2.45, 2.75) is 6.92 Å². The molecule has 0 spiro atoms. The number of nitrogens with zero attached hydrogens (tertiary/aromatic N) is 1. The van der Waals surface area contributed by atoms with Gasteiger partial charge in [-0.05, 0) is 13.0 Å². The average molecular weight is 208 g/mol. The van der Waals surface area contributed by atoms with Crippen LogP contribution in [0, 0.1) is 5.82 Å². The van der Waals surface area contributed by atoms with Crippen LogP contribution in [0.3, 0.4) is 0 Å². The zero-order valence-corrected chi connectivity index (χ0v) is 8.08. The number of benzene rings is 1. The minimum atomic E-state index is -0.512. The van der Waals surface area contributed by atoms with Crippen LogP contribution in [0.4, 0.5) is 4.39 Å². The van der Waals surface area contributed by atoms with E-state index < -0.39 is 5.82 Å². The fourth-order valence-electron chi connectivity index (χ4n) is 1.34. The van der Waals surface area contributed by atoms with Crippen molar-refractivity contribution in [2.75, 3.05) is 6.61 Å². The Hall–Kier alpha value is -1.91. The molecule has 15 heavy (non-hydrogen) atoms. The standard InChI is InChI=1S/C10H9FN2O2/c1-2-15-9-3-6-8(4-7(9)11)12-5-13-10(6)14/h3-5H,2H2,1H3,(H,12,13,14). The van der Waals surface area contributed by atoms with E-state index in [1.165, 1.54) is 18.5 Å². The van der Waals surface area contributed by atoms with Crippen LogP contribution in [0.2, 0.25) is 0 Å². The van der Waals surface area contributed by atoms with Crippen molar-refractivity contribution in [2.24, 2.45) is 0 Å². The van der Waals surface area contributed by atoms with Gasteiger partial charge in [0.2, 0.25) is 0 Å². The van der Waals surface area contributed by atoms with E-state index in [2.05, 4.69) is 9.97 Å². The number of hydrogen-bond donors (Lipinski definition) is 1. The number of halogens is 1. The highest BCUT2D eigenvalue weighted by atomic mass is 19.1. The maximum atomic E-state index is 13.4. The Labute approximate surface area is 84.7 Å². The van der Waals surface area contributed by atoms with Gasteiger partial charge in [-0.3, -0.25) is 4.79 Å². The zero-order chi connectivity index (χ0) is 10.8. The average Bonchev–Trinajstić information content (AvgIpc) is 2.21. The van der Waals surface area contributed by atoms with Crippen LogP contribution in [-0.4, -0.2) is 16.6 Å². The first-order valence-corrected chi connectivity index (χ1v) is 4.52. The molecule has 0 aliphatic rings. The van der Waals surface area contributed by atoms with Crippen molar-refractivity contribution < 1.29 is 9.13 Å². The van der Waals surface area contributed by atoms with E-state index in [9.17, 15) is 9.18 Å². The van der Waals surface area contributed by atoms with Gasteiger partial charge in [-0.2, -0.15) is 0 Å². The maximum absolute atomic E-state index is 13.4. The van der Waals surface area contributed by atoms with Crippen LogP contribution in [0.5, 0.6) is 5.75 Å². The number of aromatic nitrogens is 2. The number of nitrogens with one attached hydrogen (secondary N) is 1. The Bertz CT molecular complexity index is 551. The Morgan fingerprint density at radius 3 is 3.07 bits per heavy atom. The van der Waals surface area contributed by atoms with E-state index in [0.29, 0.717) is 17.5 Å². The molecule has 1 aromatic carbocycles. The molecule has 1 aromatic heterocycles. The highest BCUT2D eigenvalue weighted by Crippen LogP contribution is 2.21. The van der Waals surface area contributed by atoms with Gasteiger partial charge in [0.05, 0.1) is 23.8 Å². The Balaban J connectivity index is 2.72. The molecule has 0 atom stereocenters. The summed E-state index contributed by atoms with van der Waals surface area (Å²) in [5.74, 6) is -0.439. The van der Waals surface area contributed by atoms with Gasteiger partial charge in [0, 0.05) is 6.07 Å². The van der Waals surface area contributed by atoms with Crippen LogP contribution in [0.25, 0.3) is 10.9 Å². The van der Waals surface area contributed by atoms with Gasteiger partial charge in [-0.25, -0.2) is 9.37 Å². The summed E-state index contributed by atoms with van der Waals surface area (Å²) in [6, 6.07) is 2.55. The van der Waals surface area contributed by atoms with Crippen LogP contribution in [0.1, 0.15) is 6.92 Å². The number of hydrogen-bond acceptors (Lipinski definition) is 3. The summed E-state index contributed by atoms with van der Waals surface area (Å²) in [6.45, 7) is 2.09. The number of aromatic amines is 1. The lowest BCUT2D eigenvalue weighted by Gasteiger charge is -2.04. The summed E-state index contributed by atoms with van der Waals surface area (Å²) in [7, 11) is 0. The van der Waals surface area contributed by atoms with Gasteiger partial charge in [0.15, 0.2) is 11.6 Å². The van der Waals surface area contributed by atoms with E-state index in [1.807, 2.05) is 0 Å². The van der Waals surface area contributed by atoms with Crippen LogP contribution in [-0.2, 0) is 0 Å². The molecule has 0 aliphatic carbocycles. The zero-order valence-electron chi connectivity index (χ0n) is 8.08. The van der Waals surface area contributed by atoms with Gasteiger partial charge >= 0.3 is 0 Å². The molecule has 0 saturated heterocycles. The molecule has 4 nitrogen and oxygen atoms in total. The molecule has 2 aromatic rings. The first-order valence-electron chi connectivity index (χ1n) is 4.52. The molecular formula is C10H9FN2O2. The van der Waals surface area contributed by atoms with E-state index in [4.69, 9.17) is 4.74 Å².